The second-order valence-electron chi connectivity index (χ2n) is 6.66. The monoisotopic (exact) mass is 365 g/mol. The number of aromatic nitrogens is 2. The first-order chi connectivity index (χ1) is 13.1. The van der Waals surface area contributed by atoms with Gasteiger partial charge in [0.05, 0.1) is 29.7 Å². The number of ether oxygens (including phenoxy) is 1. The van der Waals surface area contributed by atoms with Crippen molar-refractivity contribution in [1.82, 2.24) is 14.9 Å². The molecule has 1 aliphatic heterocycles. The summed E-state index contributed by atoms with van der Waals surface area (Å²) in [5, 5.41) is 3.32. The van der Waals surface area contributed by atoms with Gasteiger partial charge in [0, 0.05) is 39.3 Å². The fourth-order valence-corrected chi connectivity index (χ4v) is 3.43. The molecule has 6 nitrogen and oxygen atoms in total. The Kier molecular flexibility index (Phi) is 6.15. The number of hydrogen-bond donors (Lipinski definition) is 1. The van der Waals surface area contributed by atoms with Gasteiger partial charge in [-0.1, -0.05) is 18.1 Å². The number of anilines is 2. The van der Waals surface area contributed by atoms with Crippen molar-refractivity contribution in [3.8, 4) is 18.1 Å². The molecule has 3 rings (SSSR count). The molecule has 1 aliphatic rings. The largest absolute Gasteiger partial charge is 0.495 e. The predicted molar refractivity (Wildman–Crippen MR) is 110 cm³/mol. The number of para-hydroxylation sites is 2. The van der Waals surface area contributed by atoms with Crippen molar-refractivity contribution in [3.05, 3.63) is 41.2 Å². The average molecular weight is 365 g/mol. The second-order valence-corrected chi connectivity index (χ2v) is 6.66. The van der Waals surface area contributed by atoms with Gasteiger partial charge in [0.1, 0.15) is 5.75 Å². The fourth-order valence-electron chi connectivity index (χ4n) is 3.43. The molecule has 0 bridgehead atoms. The van der Waals surface area contributed by atoms with E-state index in [2.05, 4.69) is 43.1 Å². The Balaban J connectivity index is 1.48. The molecule has 1 fully saturated rings. The molecule has 6 heteroatoms. The summed E-state index contributed by atoms with van der Waals surface area (Å²) in [7, 11) is 1.72. The first-order valence-corrected chi connectivity index (χ1v) is 9.28. The van der Waals surface area contributed by atoms with Crippen LogP contribution in [0.15, 0.2) is 24.3 Å². The molecular formula is C21H27N5O. The highest BCUT2D eigenvalue weighted by atomic mass is 16.5. The van der Waals surface area contributed by atoms with Crippen LogP contribution in [-0.2, 0) is 0 Å². The number of nitrogens with one attached hydrogen (secondary N) is 1. The third kappa shape index (κ3) is 4.50. The number of rotatable bonds is 6. The average Bonchev–Trinajstić information content (AvgIpc) is 2.68. The number of methoxy groups -OCH3 is 1. The Bertz CT molecular complexity index is 799. The molecule has 2 heterocycles. The van der Waals surface area contributed by atoms with E-state index in [1.165, 1.54) is 5.69 Å². The van der Waals surface area contributed by atoms with E-state index in [9.17, 15) is 0 Å². The third-order valence-electron chi connectivity index (χ3n) is 4.92. The first-order valence-electron chi connectivity index (χ1n) is 9.28. The lowest BCUT2D eigenvalue weighted by Crippen LogP contribution is -2.47. The van der Waals surface area contributed by atoms with Crippen LogP contribution in [0.2, 0.25) is 0 Å². The van der Waals surface area contributed by atoms with Crippen molar-refractivity contribution < 1.29 is 4.74 Å². The molecule has 0 atom stereocenters. The van der Waals surface area contributed by atoms with E-state index in [0.29, 0.717) is 5.95 Å². The minimum absolute atomic E-state index is 0.650. The van der Waals surface area contributed by atoms with Crippen molar-refractivity contribution >= 4 is 11.6 Å². The van der Waals surface area contributed by atoms with Gasteiger partial charge in [-0.05, 0) is 26.0 Å². The molecule has 0 aliphatic carbocycles. The Hall–Kier alpha value is -2.78. The number of aryl methyl sites for hydroxylation is 2. The quantitative estimate of drug-likeness (QED) is 0.793. The first kappa shape index (κ1) is 19.0. The van der Waals surface area contributed by atoms with Crippen LogP contribution in [0.1, 0.15) is 17.0 Å². The SMILES string of the molecule is C#Cc1c(C)nc(NCCN2CCN(c3ccccc3OC)CC2)nc1C. The second kappa shape index (κ2) is 8.74. The maximum absolute atomic E-state index is 5.50. The van der Waals surface area contributed by atoms with E-state index in [-0.39, 0.29) is 0 Å². The minimum Gasteiger partial charge on any atom is -0.495 e. The zero-order valence-corrected chi connectivity index (χ0v) is 16.3. The molecule has 0 amide bonds. The fraction of sp³-hybridized carbons (Fsp3) is 0.429. The van der Waals surface area contributed by atoms with Gasteiger partial charge < -0.3 is 15.0 Å². The highest BCUT2D eigenvalue weighted by molar-refractivity contribution is 5.58. The zero-order valence-electron chi connectivity index (χ0n) is 16.3. The lowest BCUT2D eigenvalue weighted by atomic mass is 10.2. The van der Waals surface area contributed by atoms with Crippen LogP contribution in [0.5, 0.6) is 5.75 Å². The molecule has 0 unspecified atom stereocenters. The van der Waals surface area contributed by atoms with Crippen LogP contribution in [0.4, 0.5) is 11.6 Å². The van der Waals surface area contributed by atoms with Crippen molar-refractivity contribution in [1.29, 1.82) is 0 Å². The summed E-state index contributed by atoms with van der Waals surface area (Å²) < 4.78 is 5.48. The van der Waals surface area contributed by atoms with E-state index < -0.39 is 0 Å². The van der Waals surface area contributed by atoms with Gasteiger partial charge in [0.2, 0.25) is 5.95 Å². The normalized spacial score (nSPS) is 14.7. The van der Waals surface area contributed by atoms with Crippen LogP contribution in [0.3, 0.4) is 0 Å². The highest BCUT2D eigenvalue weighted by Gasteiger charge is 2.19. The molecule has 142 valence electrons. The van der Waals surface area contributed by atoms with Crippen LogP contribution in [0, 0.1) is 26.2 Å². The molecule has 0 radical (unpaired) electrons. The van der Waals surface area contributed by atoms with Gasteiger partial charge in [-0.25, -0.2) is 9.97 Å². The van der Waals surface area contributed by atoms with Crippen LogP contribution >= 0.6 is 0 Å². The predicted octanol–water partition coefficient (Wildman–Crippen LogP) is 2.32. The standard InChI is InChI=1S/C21H27N5O/c1-5-18-16(2)23-21(24-17(18)3)22-10-11-25-12-14-26(15-13-25)19-8-6-7-9-20(19)27-4/h1,6-9H,10-15H2,2-4H3,(H,22,23,24). The number of nitrogens with zero attached hydrogens (tertiary/aromatic N) is 4. The Labute approximate surface area is 161 Å². The molecule has 1 N–H and O–H groups in total. The maximum Gasteiger partial charge on any atom is 0.223 e. The van der Waals surface area contributed by atoms with Crippen LogP contribution in [0.25, 0.3) is 0 Å². The van der Waals surface area contributed by atoms with Gasteiger partial charge in [-0.15, -0.1) is 6.42 Å². The van der Waals surface area contributed by atoms with E-state index in [1.807, 2.05) is 26.0 Å². The van der Waals surface area contributed by atoms with Crippen molar-refractivity contribution in [3.63, 3.8) is 0 Å². The van der Waals surface area contributed by atoms with E-state index in [1.54, 1.807) is 7.11 Å². The molecular weight excluding hydrogens is 338 g/mol. The molecule has 27 heavy (non-hydrogen) atoms. The van der Waals surface area contributed by atoms with Gasteiger partial charge >= 0.3 is 0 Å². The Morgan fingerprint density at radius 3 is 2.41 bits per heavy atom. The van der Waals surface area contributed by atoms with Gasteiger partial charge in [-0.2, -0.15) is 0 Å². The van der Waals surface area contributed by atoms with Gasteiger partial charge in [0.15, 0.2) is 0 Å². The van der Waals surface area contributed by atoms with E-state index >= 15 is 0 Å². The number of hydrogen-bond acceptors (Lipinski definition) is 6. The summed E-state index contributed by atoms with van der Waals surface area (Å²) in [5.41, 5.74) is 3.65. The summed E-state index contributed by atoms with van der Waals surface area (Å²) in [6, 6.07) is 8.20. The van der Waals surface area contributed by atoms with Crippen molar-refractivity contribution in [2.45, 2.75) is 13.8 Å². The molecule has 0 saturated carbocycles. The molecule has 1 aromatic heterocycles. The molecule has 1 saturated heterocycles. The maximum atomic E-state index is 5.50. The van der Waals surface area contributed by atoms with E-state index in [0.717, 1.165) is 62.0 Å². The number of terminal acetylenes is 1. The summed E-state index contributed by atoms with van der Waals surface area (Å²) in [6.45, 7) is 9.64. The topological polar surface area (TPSA) is 53.5 Å². The molecule has 1 aromatic carbocycles. The Morgan fingerprint density at radius 2 is 1.78 bits per heavy atom. The van der Waals surface area contributed by atoms with E-state index in [4.69, 9.17) is 11.2 Å². The van der Waals surface area contributed by atoms with Crippen molar-refractivity contribution in [2.24, 2.45) is 0 Å². The van der Waals surface area contributed by atoms with Crippen LogP contribution in [-0.4, -0.2) is 61.2 Å². The number of piperazine rings is 1. The van der Waals surface area contributed by atoms with Crippen LogP contribution < -0.4 is 15.0 Å². The number of benzene rings is 1. The smallest absolute Gasteiger partial charge is 0.223 e. The summed E-state index contributed by atoms with van der Waals surface area (Å²) in [4.78, 5) is 13.7. The Morgan fingerprint density at radius 1 is 1.11 bits per heavy atom. The summed E-state index contributed by atoms with van der Waals surface area (Å²) in [6.07, 6.45) is 5.50. The van der Waals surface area contributed by atoms with Gasteiger partial charge in [0.25, 0.3) is 0 Å². The lowest BCUT2D eigenvalue weighted by Gasteiger charge is -2.36. The zero-order chi connectivity index (χ0) is 19.2. The molecule has 0 spiro atoms. The summed E-state index contributed by atoms with van der Waals surface area (Å²) >= 11 is 0. The highest BCUT2D eigenvalue weighted by Crippen LogP contribution is 2.28. The van der Waals surface area contributed by atoms with Crippen molar-refractivity contribution in [2.75, 3.05) is 56.6 Å². The summed E-state index contributed by atoms with van der Waals surface area (Å²) in [5.74, 6) is 4.24. The lowest BCUT2D eigenvalue weighted by molar-refractivity contribution is 0.266. The third-order valence-corrected chi connectivity index (χ3v) is 4.92. The minimum atomic E-state index is 0.650. The molecule has 2 aromatic rings. The van der Waals surface area contributed by atoms with Gasteiger partial charge in [-0.3, -0.25) is 4.90 Å².